The lowest BCUT2D eigenvalue weighted by Crippen LogP contribution is -2.65. The van der Waals surface area contributed by atoms with E-state index in [0.29, 0.717) is 36.0 Å². The van der Waals surface area contributed by atoms with Crippen LogP contribution in [-0.2, 0) is 29.5 Å². The van der Waals surface area contributed by atoms with Crippen molar-refractivity contribution >= 4 is 51.3 Å². The maximum Gasteiger partial charge on any atom is 0.500 e. The lowest BCUT2D eigenvalue weighted by molar-refractivity contribution is -0.0498. The molecule has 0 aromatic heterocycles. The summed E-state index contributed by atoms with van der Waals surface area (Å²) in [7, 11) is -31.5. The molecule has 0 unspecified atom stereocenters. The van der Waals surface area contributed by atoms with Gasteiger partial charge in [-0.05, 0) is 36.4 Å². The van der Waals surface area contributed by atoms with Crippen molar-refractivity contribution in [1.82, 2.24) is 0 Å². The molecule has 0 radical (unpaired) electrons. The van der Waals surface area contributed by atoms with Gasteiger partial charge in [0, 0.05) is 24.5 Å². The predicted octanol–water partition coefficient (Wildman–Crippen LogP) is 6.85. The fraction of sp³-hybridized carbons (Fsp3) is 0.182. The third-order valence-corrected chi connectivity index (χ3v) is 23.1. The molecule has 0 atom stereocenters. The molecule has 0 spiro atoms. The number of halogens is 9. The highest BCUT2D eigenvalue weighted by molar-refractivity contribution is 8.56. The molecule has 230 valence electrons. The summed E-state index contributed by atoms with van der Waals surface area (Å²) in [5.41, 5.74) is -21.9. The zero-order chi connectivity index (χ0) is 31.8. The van der Waals surface area contributed by atoms with Crippen LogP contribution in [0.2, 0.25) is 0 Å². The molecule has 3 aromatic rings. The molecule has 3 aromatic carbocycles. The highest BCUT2D eigenvalue weighted by atomic mass is 32.4. The van der Waals surface area contributed by atoms with Crippen molar-refractivity contribution in [2.45, 2.75) is 43.7 Å². The van der Waals surface area contributed by atoms with Gasteiger partial charge < -0.3 is 0 Å². The molecule has 4 rings (SSSR count). The summed E-state index contributed by atoms with van der Waals surface area (Å²) in [5.74, 6) is 0. The monoisotopic (exact) mass is 704 g/mol. The fourth-order valence-corrected chi connectivity index (χ4v) is 23.1. The molecule has 20 heteroatoms. The maximum absolute atomic E-state index is 14.5. The molecule has 0 N–H and O–H groups in total. The molecule has 1 aliphatic rings. The summed E-state index contributed by atoms with van der Waals surface area (Å²) in [6, 6.07) is 11.1. The Balaban J connectivity index is 2.63. The minimum atomic E-state index is -8.56. The van der Waals surface area contributed by atoms with Gasteiger partial charge in [-0.1, -0.05) is 54.2 Å². The molecular formula is C22H13F9O6S5. The van der Waals surface area contributed by atoms with Gasteiger partial charge in [0.15, 0.2) is 0 Å². The highest BCUT2D eigenvalue weighted by Crippen LogP contribution is 2.85. The lowest BCUT2D eigenvalue weighted by atomic mass is 10.3. The first kappa shape index (κ1) is 32.5. The first-order valence-corrected chi connectivity index (χ1v) is 17.6. The molecule has 42 heavy (non-hydrogen) atoms. The zero-order valence-electron chi connectivity index (χ0n) is 19.9. The number of fused-ring (bicyclic) bond motifs is 2. The summed E-state index contributed by atoms with van der Waals surface area (Å²) < 4.78 is 205. The number of alkyl halides is 9. The van der Waals surface area contributed by atoms with Gasteiger partial charge >= 0.3 is 19.3 Å². The first-order valence-electron chi connectivity index (χ1n) is 10.7. The third kappa shape index (κ3) is 3.97. The van der Waals surface area contributed by atoms with E-state index in [0.717, 1.165) is 54.6 Å². The standard InChI is InChI=1S/C22H13F9O6S5/c23-19(24,25)40(32,33)22(41(34,35)20(26,27)28,42(36,37)21(29,30)31)39(14-8-2-1-3-9-14)17-12-6-4-10-15(17)38-16-11-5-7-13-18(16)39/h1-13H. The van der Waals surface area contributed by atoms with Crippen LogP contribution < -0.4 is 0 Å². The number of rotatable bonds is 5. The second-order valence-electron chi connectivity index (χ2n) is 8.27. The second-order valence-corrected chi connectivity index (χ2v) is 20.3. The summed E-state index contributed by atoms with van der Waals surface area (Å²) in [4.78, 5) is -4.32. The van der Waals surface area contributed by atoms with Crippen molar-refractivity contribution in [3.63, 3.8) is 0 Å². The maximum atomic E-state index is 14.5. The quantitative estimate of drug-likeness (QED) is 0.268. The zero-order valence-corrected chi connectivity index (χ0v) is 24.0. The Bertz CT molecular complexity index is 1710. The van der Waals surface area contributed by atoms with Crippen LogP contribution in [0, 0.1) is 0 Å². The summed E-state index contributed by atoms with van der Waals surface area (Å²) in [6.45, 7) is 0. The number of hydrogen-bond acceptors (Lipinski definition) is 7. The Kier molecular flexibility index (Phi) is 7.58. The molecule has 1 aliphatic heterocycles. The summed E-state index contributed by atoms with van der Waals surface area (Å²) in [6.07, 6.45) is 0. The molecule has 0 amide bonds. The average Bonchev–Trinajstić information content (AvgIpc) is 2.86. The van der Waals surface area contributed by atoms with E-state index in [-0.39, 0.29) is 0 Å². The summed E-state index contributed by atoms with van der Waals surface area (Å²) in [5, 5.41) is 0. The minimum Gasteiger partial charge on any atom is -0.216 e. The number of sulfone groups is 3. The molecule has 0 fully saturated rings. The molecule has 6 nitrogen and oxygen atoms in total. The van der Waals surface area contributed by atoms with Crippen molar-refractivity contribution in [3.8, 4) is 0 Å². The third-order valence-electron chi connectivity index (χ3n) is 5.95. The van der Waals surface area contributed by atoms with Crippen molar-refractivity contribution in [2.75, 3.05) is 0 Å². The Morgan fingerprint density at radius 2 is 0.786 bits per heavy atom. The second kappa shape index (κ2) is 9.80. The van der Waals surface area contributed by atoms with Crippen molar-refractivity contribution in [1.29, 1.82) is 0 Å². The molecular weight excluding hydrogens is 692 g/mol. The highest BCUT2D eigenvalue weighted by Gasteiger charge is 2.90. The molecule has 0 aliphatic carbocycles. The van der Waals surface area contributed by atoms with Crippen LogP contribution in [0.5, 0.6) is 0 Å². The van der Waals surface area contributed by atoms with Crippen LogP contribution in [0.25, 0.3) is 0 Å². The smallest absolute Gasteiger partial charge is 0.216 e. The SMILES string of the molecule is O=S(=O)(C(F)(F)F)C(S1(c2ccccc2)c2ccccc2Sc2ccccc21)(S(=O)(=O)C(F)(F)F)S(=O)(=O)C(F)(F)F. The van der Waals surface area contributed by atoms with E-state index in [2.05, 4.69) is 0 Å². The van der Waals surface area contributed by atoms with Crippen molar-refractivity contribution in [2.24, 2.45) is 0 Å². The number of hydrogen-bond donors (Lipinski definition) is 0. The van der Waals surface area contributed by atoms with Crippen LogP contribution >= 0.6 is 21.8 Å². The van der Waals surface area contributed by atoms with Gasteiger partial charge in [-0.15, -0.1) is 10.0 Å². The molecule has 0 bridgehead atoms. The van der Waals surface area contributed by atoms with E-state index in [4.69, 9.17) is 0 Å². The normalized spacial score (nSPS) is 17.2. The molecule has 1 heterocycles. The average molecular weight is 705 g/mol. The number of benzene rings is 3. The van der Waals surface area contributed by atoms with Crippen molar-refractivity contribution < 1.29 is 64.8 Å². The van der Waals surface area contributed by atoms with Crippen molar-refractivity contribution in [3.05, 3.63) is 78.9 Å². The van der Waals surface area contributed by atoms with E-state index >= 15 is 0 Å². The van der Waals surface area contributed by atoms with E-state index < -0.39 is 83.3 Å². The topological polar surface area (TPSA) is 102 Å². The van der Waals surface area contributed by atoms with Crippen LogP contribution in [-0.4, -0.2) is 44.5 Å². The van der Waals surface area contributed by atoms with Crippen LogP contribution in [0.4, 0.5) is 39.5 Å². The van der Waals surface area contributed by atoms with E-state index in [1.807, 2.05) is 0 Å². The predicted molar refractivity (Wildman–Crippen MR) is 133 cm³/mol. The van der Waals surface area contributed by atoms with Crippen LogP contribution in [0.1, 0.15) is 0 Å². The Morgan fingerprint density at radius 1 is 0.476 bits per heavy atom. The van der Waals surface area contributed by atoms with Gasteiger partial charge in [-0.25, -0.2) is 25.3 Å². The van der Waals surface area contributed by atoms with Gasteiger partial charge in [0.05, 0.1) is 0 Å². The van der Waals surface area contributed by atoms with Gasteiger partial charge in [-0.3, -0.25) is 0 Å². The Hall–Kier alpha value is -2.42. The van der Waals surface area contributed by atoms with Gasteiger partial charge in [0.1, 0.15) is 0 Å². The van der Waals surface area contributed by atoms with Crippen LogP contribution in [0.3, 0.4) is 0 Å². The van der Waals surface area contributed by atoms with Gasteiger partial charge in [0.25, 0.3) is 29.5 Å². The van der Waals surface area contributed by atoms with E-state index in [9.17, 15) is 64.8 Å². The Morgan fingerprint density at radius 3 is 1.12 bits per heavy atom. The fourth-order valence-electron chi connectivity index (χ4n) is 4.46. The lowest BCUT2D eigenvalue weighted by Gasteiger charge is -2.54. The first-order chi connectivity index (χ1) is 19.0. The largest absolute Gasteiger partial charge is 0.500 e. The molecule has 0 saturated carbocycles. The van der Waals surface area contributed by atoms with Crippen LogP contribution in [0.15, 0.2) is 103 Å². The Labute approximate surface area is 238 Å². The minimum absolute atomic E-state index is 0.480. The van der Waals surface area contributed by atoms with E-state index in [1.165, 1.54) is 0 Å². The molecule has 0 saturated heterocycles. The summed E-state index contributed by atoms with van der Waals surface area (Å²) >= 11 is 0.543. The van der Waals surface area contributed by atoms with Gasteiger partial charge in [0.2, 0.25) is 0 Å². The van der Waals surface area contributed by atoms with E-state index in [1.54, 1.807) is 0 Å². The van der Waals surface area contributed by atoms with Gasteiger partial charge in [-0.2, -0.15) is 39.5 Å².